The van der Waals surface area contributed by atoms with Gasteiger partial charge in [-0.3, -0.25) is 9.59 Å². The molecule has 0 unspecified atom stereocenters. The zero-order valence-electron chi connectivity index (χ0n) is 13.5. The number of imide groups is 1. The summed E-state index contributed by atoms with van der Waals surface area (Å²) in [7, 11) is 1.28. The van der Waals surface area contributed by atoms with Crippen LogP contribution >= 0.6 is 0 Å². The number of hydrogen-bond donors (Lipinski definition) is 0. The Morgan fingerprint density at radius 3 is 2.09 bits per heavy atom. The van der Waals surface area contributed by atoms with Crippen LogP contribution in [0.2, 0.25) is 0 Å². The van der Waals surface area contributed by atoms with Crippen molar-refractivity contribution in [2.45, 2.75) is 26.7 Å². The van der Waals surface area contributed by atoms with Gasteiger partial charge in [0, 0.05) is 0 Å². The van der Waals surface area contributed by atoms with E-state index in [-0.39, 0.29) is 29.2 Å². The molecule has 1 aliphatic carbocycles. The third kappa shape index (κ3) is 2.36. The number of rotatable bonds is 2. The van der Waals surface area contributed by atoms with Crippen LogP contribution in [0.15, 0.2) is 35.4 Å². The number of amides is 2. The summed E-state index contributed by atoms with van der Waals surface area (Å²) in [5.41, 5.74) is 2.90. The normalized spacial score (nSPS) is 24.0. The molecule has 0 N–H and O–H groups in total. The second kappa shape index (κ2) is 5.65. The van der Waals surface area contributed by atoms with Crippen LogP contribution in [0.1, 0.15) is 37.0 Å². The first-order valence-corrected chi connectivity index (χ1v) is 7.66. The Kier molecular flexibility index (Phi) is 3.80. The average Bonchev–Trinajstić information content (AvgIpc) is 2.78. The van der Waals surface area contributed by atoms with E-state index in [1.165, 1.54) is 23.2 Å². The molecule has 5 nitrogen and oxygen atoms in total. The van der Waals surface area contributed by atoms with E-state index >= 15 is 0 Å². The fourth-order valence-corrected chi connectivity index (χ4v) is 3.44. The molecule has 1 aromatic rings. The zero-order chi connectivity index (χ0) is 16.7. The summed E-state index contributed by atoms with van der Waals surface area (Å²) in [6.07, 6.45) is 1.22. The van der Waals surface area contributed by atoms with Gasteiger partial charge in [0.25, 0.3) is 0 Å². The SMILES string of the molecule is COC(=O)c1ccccc1N1C(=O)[C@H]2CC(C)=C(C)C[C@H]2C1=O. The lowest BCUT2D eigenvalue weighted by Gasteiger charge is -2.23. The van der Waals surface area contributed by atoms with E-state index in [0.717, 1.165) is 0 Å². The highest BCUT2D eigenvalue weighted by Crippen LogP contribution is 2.42. The predicted octanol–water partition coefficient (Wildman–Crippen LogP) is 2.71. The summed E-state index contributed by atoms with van der Waals surface area (Å²) < 4.78 is 4.76. The minimum absolute atomic E-state index is 0.219. The van der Waals surface area contributed by atoms with Crippen LogP contribution in [0, 0.1) is 11.8 Å². The Morgan fingerprint density at radius 1 is 1.04 bits per heavy atom. The van der Waals surface area contributed by atoms with Gasteiger partial charge in [0.05, 0.1) is 30.2 Å². The lowest BCUT2D eigenvalue weighted by Crippen LogP contribution is -2.32. The number of carbonyl (C=O) groups excluding carboxylic acids is 3. The van der Waals surface area contributed by atoms with Gasteiger partial charge in [-0.2, -0.15) is 0 Å². The number of para-hydroxylation sites is 1. The Hall–Kier alpha value is -2.43. The molecular weight excluding hydrogens is 294 g/mol. The maximum absolute atomic E-state index is 12.8. The number of carbonyl (C=O) groups is 3. The Labute approximate surface area is 134 Å². The van der Waals surface area contributed by atoms with Gasteiger partial charge in [0.15, 0.2) is 0 Å². The highest BCUT2D eigenvalue weighted by atomic mass is 16.5. The molecule has 1 aromatic carbocycles. The van der Waals surface area contributed by atoms with Crippen molar-refractivity contribution in [3.05, 3.63) is 41.0 Å². The fraction of sp³-hybridized carbons (Fsp3) is 0.389. The quantitative estimate of drug-likeness (QED) is 0.478. The molecule has 1 aliphatic heterocycles. The van der Waals surface area contributed by atoms with Gasteiger partial charge in [-0.25, -0.2) is 9.69 Å². The van der Waals surface area contributed by atoms with Gasteiger partial charge in [-0.1, -0.05) is 23.3 Å². The van der Waals surface area contributed by atoms with Gasteiger partial charge >= 0.3 is 5.97 Å². The lowest BCUT2D eigenvalue weighted by molar-refractivity contribution is -0.122. The van der Waals surface area contributed by atoms with Crippen LogP contribution in [-0.2, 0) is 14.3 Å². The van der Waals surface area contributed by atoms with Crippen LogP contribution in [-0.4, -0.2) is 24.9 Å². The molecule has 2 atom stereocenters. The smallest absolute Gasteiger partial charge is 0.339 e. The molecule has 3 rings (SSSR count). The predicted molar refractivity (Wildman–Crippen MR) is 84.9 cm³/mol. The second-order valence-electron chi connectivity index (χ2n) is 6.20. The Morgan fingerprint density at radius 2 is 1.57 bits per heavy atom. The van der Waals surface area contributed by atoms with E-state index in [0.29, 0.717) is 18.5 Å². The van der Waals surface area contributed by atoms with Crippen LogP contribution in [0.25, 0.3) is 0 Å². The fourth-order valence-electron chi connectivity index (χ4n) is 3.44. The molecule has 1 heterocycles. The highest BCUT2D eigenvalue weighted by molar-refractivity contribution is 6.24. The molecular formula is C18H19NO4. The van der Waals surface area contributed by atoms with Crippen LogP contribution in [0.3, 0.4) is 0 Å². The maximum Gasteiger partial charge on any atom is 0.339 e. The number of methoxy groups -OCH3 is 1. The monoisotopic (exact) mass is 313 g/mol. The van der Waals surface area contributed by atoms with Gasteiger partial charge in [0.2, 0.25) is 11.8 Å². The van der Waals surface area contributed by atoms with Crippen molar-refractivity contribution in [3.8, 4) is 0 Å². The minimum Gasteiger partial charge on any atom is -0.465 e. The number of anilines is 1. The molecule has 0 radical (unpaired) electrons. The largest absolute Gasteiger partial charge is 0.465 e. The second-order valence-corrected chi connectivity index (χ2v) is 6.20. The van der Waals surface area contributed by atoms with Crippen molar-refractivity contribution >= 4 is 23.5 Å². The van der Waals surface area contributed by atoms with Crippen LogP contribution < -0.4 is 4.90 Å². The van der Waals surface area contributed by atoms with Crippen molar-refractivity contribution in [1.29, 1.82) is 0 Å². The van der Waals surface area contributed by atoms with E-state index in [1.807, 2.05) is 13.8 Å². The molecule has 1 saturated heterocycles. The van der Waals surface area contributed by atoms with Crippen molar-refractivity contribution in [1.82, 2.24) is 0 Å². The van der Waals surface area contributed by atoms with Crippen molar-refractivity contribution in [2.75, 3.05) is 12.0 Å². The molecule has 0 aromatic heterocycles. The molecule has 1 fully saturated rings. The summed E-state index contributed by atoms with van der Waals surface area (Å²) in [4.78, 5) is 38.7. The van der Waals surface area contributed by atoms with E-state index in [2.05, 4.69) is 0 Å². The molecule has 2 amide bonds. The van der Waals surface area contributed by atoms with Gasteiger partial charge < -0.3 is 4.74 Å². The Balaban J connectivity index is 2.02. The van der Waals surface area contributed by atoms with Crippen LogP contribution in [0.5, 0.6) is 0 Å². The number of nitrogens with zero attached hydrogens (tertiary/aromatic N) is 1. The third-order valence-corrected chi connectivity index (χ3v) is 4.89. The topological polar surface area (TPSA) is 63.7 Å². The molecule has 23 heavy (non-hydrogen) atoms. The van der Waals surface area contributed by atoms with Gasteiger partial charge in [0.1, 0.15) is 0 Å². The van der Waals surface area contributed by atoms with E-state index < -0.39 is 5.97 Å². The highest BCUT2D eigenvalue weighted by Gasteiger charge is 2.50. The lowest BCUT2D eigenvalue weighted by atomic mass is 9.78. The molecule has 0 saturated carbocycles. The standard InChI is InChI=1S/C18H19NO4/c1-10-8-13-14(9-11(10)2)17(21)19(16(13)20)15-7-5-4-6-12(15)18(22)23-3/h4-7,13-14H,8-9H2,1-3H3/t13-,14+. The Bertz CT molecular complexity index is 702. The number of esters is 1. The van der Waals surface area contributed by atoms with Crippen molar-refractivity contribution in [3.63, 3.8) is 0 Å². The number of hydrogen-bond acceptors (Lipinski definition) is 4. The molecule has 2 aliphatic rings. The van der Waals surface area contributed by atoms with Gasteiger partial charge in [-0.15, -0.1) is 0 Å². The molecule has 0 spiro atoms. The summed E-state index contributed by atoms with van der Waals surface area (Å²) in [6, 6.07) is 6.58. The maximum atomic E-state index is 12.8. The number of allylic oxidation sites excluding steroid dienone is 2. The van der Waals surface area contributed by atoms with E-state index in [4.69, 9.17) is 4.74 Å². The van der Waals surface area contributed by atoms with Crippen molar-refractivity contribution in [2.24, 2.45) is 11.8 Å². The minimum atomic E-state index is -0.554. The van der Waals surface area contributed by atoms with E-state index in [1.54, 1.807) is 24.3 Å². The summed E-state index contributed by atoms with van der Waals surface area (Å²) in [5.74, 6) is -1.64. The first-order valence-electron chi connectivity index (χ1n) is 7.66. The van der Waals surface area contributed by atoms with Gasteiger partial charge in [-0.05, 0) is 38.8 Å². The summed E-state index contributed by atoms with van der Waals surface area (Å²) in [6.45, 7) is 4.02. The number of fused-ring (bicyclic) bond motifs is 1. The first-order chi connectivity index (χ1) is 11.0. The van der Waals surface area contributed by atoms with E-state index in [9.17, 15) is 14.4 Å². The molecule has 0 bridgehead atoms. The molecule has 5 heteroatoms. The van der Waals surface area contributed by atoms with Crippen molar-refractivity contribution < 1.29 is 19.1 Å². The third-order valence-electron chi connectivity index (χ3n) is 4.89. The summed E-state index contributed by atoms with van der Waals surface area (Å²) >= 11 is 0. The molecule has 120 valence electrons. The first kappa shape index (κ1) is 15.5. The number of benzene rings is 1. The summed E-state index contributed by atoms with van der Waals surface area (Å²) in [5, 5.41) is 0. The average molecular weight is 313 g/mol. The van der Waals surface area contributed by atoms with Crippen LogP contribution in [0.4, 0.5) is 5.69 Å². The number of ether oxygens (including phenoxy) is 1. The zero-order valence-corrected chi connectivity index (χ0v) is 13.5.